The molecule has 4 rings (SSSR count). The average molecular weight is 343 g/mol. The highest BCUT2D eigenvalue weighted by Gasteiger charge is 2.37. The van der Waals surface area contributed by atoms with Gasteiger partial charge in [0.2, 0.25) is 0 Å². The number of rotatable bonds is 4. The summed E-state index contributed by atoms with van der Waals surface area (Å²) in [6.45, 7) is 1.39. The molecule has 24 heavy (non-hydrogen) atoms. The van der Waals surface area contributed by atoms with Gasteiger partial charge < -0.3 is 9.47 Å². The lowest BCUT2D eigenvalue weighted by atomic mass is 9.95. The van der Waals surface area contributed by atoms with Gasteiger partial charge in [0, 0.05) is 44.7 Å². The lowest BCUT2D eigenvalue weighted by Crippen LogP contribution is -2.35. The number of hydrogen-bond acceptors (Lipinski definition) is 7. The largest absolute Gasteiger partial charge is 0.381 e. The minimum atomic E-state index is -0.349. The summed E-state index contributed by atoms with van der Waals surface area (Å²) >= 11 is 1.60. The SMILES string of the molecule is COC1(c2nc(-c3cn(-c4ccccn4)nn3)cs2)CCOCC1. The molecular formula is C16H17N5O2S. The Bertz CT molecular complexity index is 811. The fourth-order valence-corrected chi connectivity index (χ4v) is 3.84. The summed E-state index contributed by atoms with van der Waals surface area (Å²) in [5.41, 5.74) is 1.18. The molecule has 7 nitrogen and oxygen atoms in total. The van der Waals surface area contributed by atoms with E-state index in [1.165, 1.54) is 0 Å². The van der Waals surface area contributed by atoms with Crippen LogP contribution >= 0.6 is 11.3 Å². The zero-order chi connectivity index (χ0) is 16.4. The normalized spacial score (nSPS) is 17.0. The summed E-state index contributed by atoms with van der Waals surface area (Å²) in [5.74, 6) is 0.726. The Balaban J connectivity index is 1.62. The van der Waals surface area contributed by atoms with Crippen molar-refractivity contribution >= 4 is 11.3 Å². The molecule has 8 heteroatoms. The molecule has 0 bridgehead atoms. The van der Waals surface area contributed by atoms with Crippen molar-refractivity contribution in [2.75, 3.05) is 20.3 Å². The molecule has 1 aliphatic heterocycles. The molecule has 0 radical (unpaired) electrons. The first kappa shape index (κ1) is 15.4. The Morgan fingerprint density at radius 2 is 2.12 bits per heavy atom. The van der Waals surface area contributed by atoms with Crippen LogP contribution in [-0.4, -0.2) is 45.3 Å². The van der Waals surface area contributed by atoms with Gasteiger partial charge in [-0.05, 0) is 12.1 Å². The van der Waals surface area contributed by atoms with Crippen LogP contribution in [0.4, 0.5) is 0 Å². The molecule has 0 saturated carbocycles. The van der Waals surface area contributed by atoms with Crippen molar-refractivity contribution < 1.29 is 9.47 Å². The molecule has 0 unspecified atom stereocenters. The highest BCUT2D eigenvalue weighted by atomic mass is 32.1. The van der Waals surface area contributed by atoms with Gasteiger partial charge in [0.1, 0.15) is 22.0 Å². The van der Waals surface area contributed by atoms with Crippen molar-refractivity contribution in [1.29, 1.82) is 0 Å². The quantitative estimate of drug-likeness (QED) is 0.724. The smallest absolute Gasteiger partial charge is 0.155 e. The van der Waals surface area contributed by atoms with Crippen LogP contribution in [-0.2, 0) is 15.1 Å². The molecular weight excluding hydrogens is 326 g/mol. The molecule has 0 aliphatic carbocycles. The van der Waals surface area contributed by atoms with Gasteiger partial charge >= 0.3 is 0 Å². The van der Waals surface area contributed by atoms with Crippen molar-refractivity contribution in [1.82, 2.24) is 25.0 Å². The Hall–Kier alpha value is -2.16. The van der Waals surface area contributed by atoms with Gasteiger partial charge in [-0.2, -0.15) is 0 Å². The van der Waals surface area contributed by atoms with E-state index in [1.807, 2.05) is 29.8 Å². The number of thiazole rings is 1. The fraction of sp³-hybridized carbons (Fsp3) is 0.375. The molecule has 0 spiro atoms. The number of nitrogens with zero attached hydrogens (tertiary/aromatic N) is 5. The van der Waals surface area contributed by atoms with E-state index in [1.54, 1.807) is 29.3 Å². The van der Waals surface area contributed by atoms with Gasteiger partial charge in [-0.1, -0.05) is 11.3 Å². The van der Waals surface area contributed by atoms with Gasteiger partial charge in [0.15, 0.2) is 5.82 Å². The predicted octanol–water partition coefficient (Wildman–Crippen LogP) is 2.44. The van der Waals surface area contributed by atoms with E-state index in [2.05, 4.69) is 15.3 Å². The third-order valence-electron chi connectivity index (χ3n) is 4.22. The zero-order valence-electron chi connectivity index (χ0n) is 13.3. The Morgan fingerprint density at radius 3 is 2.88 bits per heavy atom. The minimum absolute atomic E-state index is 0.349. The van der Waals surface area contributed by atoms with Crippen LogP contribution in [0.2, 0.25) is 0 Å². The first-order valence-electron chi connectivity index (χ1n) is 7.74. The number of aromatic nitrogens is 5. The van der Waals surface area contributed by atoms with Crippen molar-refractivity contribution in [3.8, 4) is 17.2 Å². The Kier molecular flexibility index (Phi) is 4.09. The molecule has 3 aromatic rings. The molecule has 1 saturated heterocycles. The van der Waals surface area contributed by atoms with Gasteiger partial charge in [0.25, 0.3) is 0 Å². The summed E-state index contributed by atoms with van der Waals surface area (Å²) in [6, 6.07) is 5.66. The van der Waals surface area contributed by atoms with Gasteiger partial charge in [-0.3, -0.25) is 0 Å². The Labute approximate surface area is 143 Å². The van der Waals surface area contributed by atoms with E-state index in [4.69, 9.17) is 14.5 Å². The molecule has 4 heterocycles. The fourth-order valence-electron chi connectivity index (χ4n) is 2.79. The molecule has 1 fully saturated rings. The van der Waals surface area contributed by atoms with Gasteiger partial charge in [-0.25, -0.2) is 14.6 Å². The van der Waals surface area contributed by atoms with Crippen LogP contribution in [0.5, 0.6) is 0 Å². The first-order valence-corrected chi connectivity index (χ1v) is 8.62. The summed E-state index contributed by atoms with van der Waals surface area (Å²) < 4.78 is 12.9. The second-order valence-corrected chi connectivity index (χ2v) is 6.44. The predicted molar refractivity (Wildman–Crippen MR) is 89.0 cm³/mol. The van der Waals surface area contributed by atoms with Crippen LogP contribution in [0.25, 0.3) is 17.2 Å². The maximum absolute atomic E-state index is 5.81. The van der Waals surface area contributed by atoms with Crippen LogP contribution in [0.3, 0.4) is 0 Å². The third-order valence-corrected chi connectivity index (χ3v) is 5.25. The number of methoxy groups -OCH3 is 1. The van der Waals surface area contributed by atoms with E-state index in [0.29, 0.717) is 13.2 Å². The van der Waals surface area contributed by atoms with E-state index in [-0.39, 0.29) is 5.60 Å². The summed E-state index contributed by atoms with van der Waals surface area (Å²) in [7, 11) is 1.74. The summed E-state index contributed by atoms with van der Waals surface area (Å²) in [6.07, 6.45) is 5.20. The minimum Gasteiger partial charge on any atom is -0.381 e. The second-order valence-electron chi connectivity index (χ2n) is 5.58. The summed E-state index contributed by atoms with van der Waals surface area (Å²) in [5, 5.41) is 11.3. The molecule has 0 atom stereocenters. The molecule has 1 aliphatic rings. The standard InChI is InChI=1S/C16H17N5O2S/c1-22-16(5-8-23-9-6-16)15-18-13(11-24-15)12-10-21(20-19-12)14-4-2-3-7-17-14/h2-4,7,10-11H,5-6,8-9H2,1H3. The van der Waals surface area contributed by atoms with E-state index >= 15 is 0 Å². The van der Waals surface area contributed by atoms with E-state index in [0.717, 1.165) is 35.1 Å². The van der Waals surface area contributed by atoms with Gasteiger partial charge in [0.05, 0.1) is 6.20 Å². The van der Waals surface area contributed by atoms with Crippen LogP contribution in [0.15, 0.2) is 36.0 Å². The maximum atomic E-state index is 5.81. The molecule has 3 aromatic heterocycles. The molecule has 0 amide bonds. The van der Waals surface area contributed by atoms with Crippen LogP contribution < -0.4 is 0 Å². The van der Waals surface area contributed by atoms with E-state index in [9.17, 15) is 0 Å². The van der Waals surface area contributed by atoms with E-state index < -0.39 is 0 Å². The van der Waals surface area contributed by atoms with Crippen molar-refractivity contribution in [3.05, 3.63) is 41.0 Å². The first-order chi connectivity index (χ1) is 11.8. The highest BCUT2D eigenvalue weighted by molar-refractivity contribution is 7.10. The zero-order valence-corrected chi connectivity index (χ0v) is 14.1. The topological polar surface area (TPSA) is 75.0 Å². The summed E-state index contributed by atoms with van der Waals surface area (Å²) in [4.78, 5) is 9.02. The van der Waals surface area contributed by atoms with Crippen LogP contribution in [0.1, 0.15) is 17.8 Å². The van der Waals surface area contributed by atoms with Crippen molar-refractivity contribution in [2.24, 2.45) is 0 Å². The van der Waals surface area contributed by atoms with Crippen LogP contribution in [0, 0.1) is 0 Å². The molecule has 124 valence electrons. The van der Waals surface area contributed by atoms with Crippen molar-refractivity contribution in [2.45, 2.75) is 18.4 Å². The lowest BCUT2D eigenvalue weighted by molar-refractivity contribution is -0.0947. The Morgan fingerprint density at radius 1 is 1.25 bits per heavy atom. The monoisotopic (exact) mass is 343 g/mol. The number of ether oxygens (including phenoxy) is 2. The third kappa shape index (κ3) is 2.72. The molecule has 0 aromatic carbocycles. The average Bonchev–Trinajstić information content (AvgIpc) is 3.33. The highest BCUT2D eigenvalue weighted by Crippen LogP contribution is 2.38. The number of hydrogen-bond donors (Lipinski definition) is 0. The van der Waals surface area contributed by atoms with Gasteiger partial charge in [-0.15, -0.1) is 16.4 Å². The second kappa shape index (κ2) is 6.39. The number of pyridine rings is 1. The lowest BCUT2D eigenvalue weighted by Gasteiger charge is -2.33. The van der Waals surface area contributed by atoms with Crippen molar-refractivity contribution in [3.63, 3.8) is 0 Å². The maximum Gasteiger partial charge on any atom is 0.155 e. The molecule has 0 N–H and O–H groups in total.